The van der Waals surface area contributed by atoms with Crippen molar-refractivity contribution in [2.45, 2.75) is 32.2 Å². The molecule has 0 aliphatic carbocycles. The molecule has 2 heterocycles. The van der Waals surface area contributed by atoms with Crippen molar-refractivity contribution < 1.29 is 14.7 Å². The summed E-state index contributed by atoms with van der Waals surface area (Å²) in [7, 11) is 0. The van der Waals surface area contributed by atoms with Crippen LogP contribution >= 0.6 is 0 Å². The standard InChI is InChI=1S/C25H24N2O3/c1-2-3-6-15-27-22(18-11-13-26-14-12-18)21(24(29)25(27)30)23(28)20-10-9-17-7-4-5-8-19(17)16-20/h4-5,7-14,16,22,28H,2-3,6,15H2,1H3/b23-21-. The summed E-state index contributed by atoms with van der Waals surface area (Å²) < 4.78 is 0. The number of aromatic nitrogens is 1. The van der Waals surface area contributed by atoms with Crippen molar-refractivity contribution in [2.75, 3.05) is 6.54 Å². The van der Waals surface area contributed by atoms with Gasteiger partial charge in [0, 0.05) is 24.5 Å². The fourth-order valence-corrected chi connectivity index (χ4v) is 4.03. The molecule has 0 radical (unpaired) electrons. The molecule has 3 aromatic rings. The van der Waals surface area contributed by atoms with Crippen LogP contribution in [0, 0.1) is 0 Å². The number of benzene rings is 2. The Morgan fingerprint density at radius 2 is 1.73 bits per heavy atom. The van der Waals surface area contributed by atoms with Crippen LogP contribution in [0.15, 0.2) is 72.6 Å². The Kier molecular flexibility index (Phi) is 5.61. The van der Waals surface area contributed by atoms with E-state index in [-0.39, 0.29) is 11.3 Å². The molecule has 30 heavy (non-hydrogen) atoms. The van der Waals surface area contributed by atoms with Gasteiger partial charge >= 0.3 is 0 Å². The predicted octanol–water partition coefficient (Wildman–Crippen LogP) is 4.85. The van der Waals surface area contributed by atoms with E-state index in [1.54, 1.807) is 35.5 Å². The van der Waals surface area contributed by atoms with Crippen LogP contribution in [0.4, 0.5) is 0 Å². The van der Waals surface area contributed by atoms with Gasteiger partial charge in [-0.15, -0.1) is 0 Å². The van der Waals surface area contributed by atoms with Crippen LogP contribution in [-0.2, 0) is 9.59 Å². The number of likely N-dealkylation sites (tertiary alicyclic amines) is 1. The fraction of sp³-hybridized carbons (Fsp3) is 0.240. The quantitative estimate of drug-likeness (QED) is 0.278. The third-order valence-corrected chi connectivity index (χ3v) is 5.59. The van der Waals surface area contributed by atoms with Crippen molar-refractivity contribution in [1.82, 2.24) is 9.88 Å². The molecule has 1 aliphatic heterocycles. The molecule has 5 heteroatoms. The Hall–Kier alpha value is -3.47. The van der Waals surface area contributed by atoms with Gasteiger partial charge in [0.15, 0.2) is 0 Å². The number of carbonyl (C=O) groups excluding carboxylic acids is 2. The highest BCUT2D eigenvalue weighted by Gasteiger charge is 2.45. The van der Waals surface area contributed by atoms with Crippen LogP contribution in [0.1, 0.15) is 43.4 Å². The van der Waals surface area contributed by atoms with E-state index in [2.05, 4.69) is 11.9 Å². The fourth-order valence-electron chi connectivity index (χ4n) is 4.03. The average Bonchev–Trinajstić information content (AvgIpc) is 3.04. The second kappa shape index (κ2) is 8.49. The van der Waals surface area contributed by atoms with Gasteiger partial charge < -0.3 is 10.0 Å². The number of hydrogen-bond donors (Lipinski definition) is 1. The van der Waals surface area contributed by atoms with Crippen LogP contribution in [-0.4, -0.2) is 33.2 Å². The van der Waals surface area contributed by atoms with Crippen LogP contribution in [0.25, 0.3) is 16.5 Å². The lowest BCUT2D eigenvalue weighted by molar-refractivity contribution is -0.139. The van der Waals surface area contributed by atoms with Crippen LogP contribution in [0.2, 0.25) is 0 Å². The smallest absolute Gasteiger partial charge is 0.295 e. The maximum absolute atomic E-state index is 13.0. The summed E-state index contributed by atoms with van der Waals surface area (Å²) in [6.07, 6.45) is 6.06. The number of aliphatic hydroxyl groups excluding tert-OH is 1. The summed E-state index contributed by atoms with van der Waals surface area (Å²) in [5, 5.41) is 13.2. The minimum absolute atomic E-state index is 0.137. The minimum Gasteiger partial charge on any atom is -0.507 e. The summed E-state index contributed by atoms with van der Waals surface area (Å²) >= 11 is 0. The Morgan fingerprint density at radius 3 is 2.47 bits per heavy atom. The van der Waals surface area contributed by atoms with Gasteiger partial charge in [0.05, 0.1) is 11.6 Å². The molecule has 1 aromatic heterocycles. The Balaban J connectivity index is 1.83. The molecule has 4 rings (SSSR count). The van der Waals surface area contributed by atoms with E-state index in [0.717, 1.165) is 35.6 Å². The number of pyridine rings is 1. The van der Waals surface area contributed by atoms with Crippen molar-refractivity contribution in [3.05, 3.63) is 83.7 Å². The van der Waals surface area contributed by atoms with E-state index in [1.807, 2.05) is 36.4 Å². The number of nitrogens with zero attached hydrogens (tertiary/aromatic N) is 2. The topological polar surface area (TPSA) is 70.5 Å². The van der Waals surface area contributed by atoms with Crippen LogP contribution < -0.4 is 0 Å². The highest BCUT2D eigenvalue weighted by molar-refractivity contribution is 6.46. The molecule has 1 saturated heterocycles. The maximum Gasteiger partial charge on any atom is 0.295 e. The van der Waals surface area contributed by atoms with Crippen molar-refractivity contribution in [1.29, 1.82) is 0 Å². The summed E-state index contributed by atoms with van der Waals surface area (Å²) in [4.78, 5) is 31.5. The Labute approximate surface area is 175 Å². The van der Waals surface area contributed by atoms with E-state index in [4.69, 9.17) is 0 Å². The molecule has 1 unspecified atom stereocenters. The summed E-state index contributed by atoms with van der Waals surface area (Å²) in [6, 6.07) is 16.3. The molecule has 0 bridgehead atoms. The van der Waals surface area contributed by atoms with Gasteiger partial charge in [0.1, 0.15) is 5.76 Å². The third-order valence-electron chi connectivity index (χ3n) is 5.59. The molecule has 2 aromatic carbocycles. The number of Topliss-reactive ketones (excluding diaryl/α,β-unsaturated/α-hetero) is 1. The normalized spacial score (nSPS) is 18.3. The number of amides is 1. The molecule has 0 saturated carbocycles. The van der Waals surface area contributed by atoms with Gasteiger partial charge in [-0.2, -0.15) is 0 Å². The molecule has 1 aliphatic rings. The van der Waals surface area contributed by atoms with Crippen molar-refractivity contribution in [3.8, 4) is 0 Å². The zero-order valence-corrected chi connectivity index (χ0v) is 16.9. The van der Waals surface area contributed by atoms with Gasteiger partial charge in [-0.05, 0) is 41.0 Å². The average molecular weight is 400 g/mol. The van der Waals surface area contributed by atoms with Gasteiger partial charge in [0.25, 0.3) is 11.7 Å². The predicted molar refractivity (Wildman–Crippen MR) is 117 cm³/mol. The molecule has 5 nitrogen and oxygen atoms in total. The molecular weight excluding hydrogens is 376 g/mol. The zero-order valence-electron chi connectivity index (χ0n) is 16.9. The lowest BCUT2D eigenvalue weighted by Gasteiger charge is -2.25. The van der Waals surface area contributed by atoms with E-state index in [9.17, 15) is 14.7 Å². The summed E-state index contributed by atoms with van der Waals surface area (Å²) in [5.74, 6) is -1.34. The Bertz CT molecular complexity index is 1120. The lowest BCUT2D eigenvalue weighted by atomic mass is 9.95. The number of unbranched alkanes of at least 4 members (excludes halogenated alkanes) is 2. The van der Waals surface area contributed by atoms with Gasteiger partial charge in [0.2, 0.25) is 0 Å². The van der Waals surface area contributed by atoms with Crippen LogP contribution in [0.5, 0.6) is 0 Å². The molecule has 1 amide bonds. The first-order valence-corrected chi connectivity index (χ1v) is 10.3. The second-order valence-electron chi connectivity index (χ2n) is 7.54. The van der Waals surface area contributed by atoms with Gasteiger partial charge in [-0.3, -0.25) is 14.6 Å². The van der Waals surface area contributed by atoms with E-state index in [1.165, 1.54) is 0 Å². The van der Waals surface area contributed by atoms with Gasteiger partial charge in [-0.25, -0.2) is 0 Å². The maximum atomic E-state index is 13.0. The van der Waals surface area contributed by atoms with Crippen molar-refractivity contribution in [3.63, 3.8) is 0 Å². The van der Waals surface area contributed by atoms with Crippen LogP contribution in [0.3, 0.4) is 0 Å². The number of aliphatic hydroxyl groups is 1. The van der Waals surface area contributed by atoms with E-state index >= 15 is 0 Å². The first-order valence-electron chi connectivity index (χ1n) is 10.3. The number of fused-ring (bicyclic) bond motifs is 1. The zero-order chi connectivity index (χ0) is 21.1. The second-order valence-corrected chi connectivity index (χ2v) is 7.54. The summed E-state index contributed by atoms with van der Waals surface area (Å²) in [5.41, 5.74) is 1.43. The van der Waals surface area contributed by atoms with Crippen molar-refractivity contribution in [2.24, 2.45) is 0 Å². The monoisotopic (exact) mass is 400 g/mol. The highest BCUT2D eigenvalue weighted by atomic mass is 16.3. The molecular formula is C25H24N2O3. The number of carbonyl (C=O) groups is 2. The SMILES string of the molecule is CCCCCN1C(=O)C(=O)/C(=C(\O)c2ccc3ccccc3c2)C1c1ccncc1. The number of rotatable bonds is 6. The molecule has 1 fully saturated rings. The number of ketones is 1. The first kappa shape index (κ1) is 19.8. The molecule has 152 valence electrons. The van der Waals surface area contributed by atoms with E-state index in [0.29, 0.717) is 12.1 Å². The third kappa shape index (κ3) is 3.59. The highest BCUT2D eigenvalue weighted by Crippen LogP contribution is 2.39. The van der Waals surface area contributed by atoms with E-state index < -0.39 is 17.7 Å². The molecule has 1 atom stereocenters. The van der Waals surface area contributed by atoms with Gasteiger partial charge in [-0.1, -0.05) is 56.2 Å². The molecule has 1 N–H and O–H groups in total. The minimum atomic E-state index is -0.640. The lowest BCUT2D eigenvalue weighted by Crippen LogP contribution is -2.30. The Morgan fingerprint density at radius 1 is 1.00 bits per heavy atom. The van der Waals surface area contributed by atoms with Crippen molar-refractivity contribution >= 4 is 28.2 Å². The summed E-state index contributed by atoms with van der Waals surface area (Å²) in [6.45, 7) is 2.56. The number of hydrogen-bond acceptors (Lipinski definition) is 4. The molecule has 0 spiro atoms. The largest absolute Gasteiger partial charge is 0.507 e. The first-order chi connectivity index (χ1) is 14.6.